The van der Waals surface area contributed by atoms with E-state index in [1.54, 1.807) is 24.3 Å². The molecule has 2 nitrogen and oxygen atoms in total. The average molecular weight is 306 g/mol. The summed E-state index contributed by atoms with van der Waals surface area (Å²) in [5.41, 5.74) is -0.921. The predicted octanol–water partition coefficient (Wildman–Crippen LogP) is 4.83. The lowest BCUT2D eigenvalue weighted by Gasteiger charge is -2.10. The summed E-state index contributed by atoms with van der Waals surface area (Å²) in [6.07, 6.45) is -3.81. The molecule has 1 aromatic heterocycles. The molecule has 0 aliphatic carbocycles. The van der Waals surface area contributed by atoms with Crippen molar-refractivity contribution in [1.29, 1.82) is 0 Å². The zero-order chi connectivity index (χ0) is 14.0. The van der Waals surface area contributed by atoms with E-state index in [4.69, 9.17) is 16.3 Å². The third-order valence-corrected chi connectivity index (χ3v) is 2.75. The van der Waals surface area contributed by atoms with E-state index in [-0.39, 0.29) is 10.9 Å². The van der Waals surface area contributed by atoms with E-state index in [0.717, 1.165) is 11.0 Å². The van der Waals surface area contributed by atoms with Gasteiger partial charge in [-0.2, -0.15) is 13.2 Å². The van der Waals surface area contributed by atoms with Gasteiger partial charge in [0.25, 0.3) is 0 Å². The highest BCUT2D eigenvalue weighted by atomic mass is 35.5. The normalized spacial score (nSPS) is 11.4. The Bertz CT molecular complexity index is 587. The van der Waals surface area contributed by atoms with Gasteiger partial charge in [0.2, 0.25) is 5.88 Å². The van der Waals surface area contributed by atoms with Crippen LogP contribution in [0.2, 0.25) is 5.02 Å². The molecule has 0 bridgehead atoms. The van der Waals surface area contributed by atoms with E-state index in [9.17, 15) is 13.2 Å². The summed E-state index contributed by atoms with van der Waals surface area (Å²) in [4.78, 5) is 4.30. The van der Waals surface area contributed by atoms with Crippen molar-refractivity contribution >= 4 is 24.2 Å². The van der Waals surface area contributed by atoms with Crippen LogP contribution in [0.4, 0.5) is 13.2 Å². The molecule has 0 atom stereocenters. The molecule has 0 fully saturated rings. The average Bonchev–Trinajstić information content (AvgIpc) is 2.33. The number of nitrogens with zero attached hydrogens (tertiary/aromatic N) is 1. The van der Waals surface area contributed by atoms with E-state index >= 15 is 0 Å². The van der Waals surface area contributed by atoms with Crippen LogP contribution in [0.25, 0.3) is 0 Å². The van der Waals surface area contributed by atoms with Gasteiger partial charge in [-0.3, -0.25) is 0 Å². The van der Waals surface area contributed by atoms with Gasteiger partial charge in [0.05, 0.1) is 5.56 Å². The first-order chi connectivity index (χ1) is 8.86. The minimum atomic E-state index is -4.48. The number of aromatic nitrogens is 1. The van der Waals surface area contributed by atoms with Crippen LogP contribution in [-0.2, 0) is 6.18 Å². The molecule has 0 aliphatic rings. The van der Waals surface area contributed by atoms with Crippen molar-refractivity contribution in [1.82, 2.24) is 4.98 Å². The van der Waals surface area contributed by atoms with E-state index in [1.165, 1.54) is 0 Å². The third kappa shape index (κ3) is 3.54. The second-order valence-corrected chi connectivity index (χ2v) is 4.53. The molecule has 2 aromatic rings. The van der Waals surface area contributed by atoms with Gasteiger partial charge in [0, 0.05) is 11.1 Å². The molecule has 0 saturated heterocycles. The fourth-order valence-electron chi connectivity index (χ4n) is 1.28. The molecule has 0 N–H and O–H groups in total. The van der Waals surface area contributed by atoms with Gasteiger partial charge in [0.15, 0.2) is 0 Å². The summed E-state index contributed by atoms with van der Waals surface area (Å²) in [6.45, 7) is 0. The van der Waals surface area contributed by atoms with Gasteiger partial charge in [-0.15, -0.1) is 12.6 Å². The molecule has 0 unspecified atom stereocenters. The number of benzene rings is 1. The van der Waals surface area contributed by atoms with Crippen molar-refractivity contribution in [3.05, 3.63) is 47.1 Å². The summed E-state index contributed by atoms with van der Waals surface area (Å²) >= 11 is 9.82. The Morgan fingerprint density at radius 3 is 2.32 bits per heavy atom. The summed E-state index contributed by atoms with van der Waals surface area (Å²) in [5, 5.41) is -0.204. The molecule has 7 heteroatoms. The lowest BCUT2D eigenvalue weighted by Crippen LogP contribution is -2.05. The number of hydrogen-bond donors (Lipinski definition) is 1. The van der Waals surface area contributed by atoms with Gasteiger partial charge < -0.3 is 4.74 Å². The smallest absolute Gasteiger partial charge is 0.417 e. The molecule has 0 spiro atoms. The minimum absolute atomic E-state index is 0.0819. The van der Waals surface area contributed by atoms with Crippen molar-refractivity contribution in [2.24, 2.45) is 0 Å². The predicted molar refractivity (Wildman–Crippen MR) is 68.0 cm³/mol. The largest absolute Gasteiger partial charge is 0.438 e. The van der Waals surface area contributed by atoms with Crippen molar-refractivity contribution in [2.75, 3.05) is 0 Å². The van der Waals surface area contributed by atoms with Crippen LogP contribution in [0, 0.1) is 0 Å². The Balaban J connectivity index is 2.24. The topological polar surface area (TPSA) is 22.1 Å². The van der Waals surface area contributed by atoms with E-state index < -0.39 is 11.7 Å². The molecule has 100 valence electrons. The van der Waals surface area contributed by atoms with Gasteiger partial charge in [-0.05, 0) is 30.3 Å². The molecule has 1 heterocycles. The molecule has 0 saturated carbocycles. The second kappa shape index (κ2) is 5.30. The summed E-state index contributed by atoms with van der Waals surface area (Å²) < 4.78 is 42.6. The number of pyridine rings is 1. The Morgan fingerprint density at radius 1 is 1.16 bits per heavy atom. The number of alkyl halides is 3. The van der Waals surface area contributed by atoms with Gasteiger partial charge in [-0.25, -0.2) is 4.98 Å². The van der Waals surface area contributed by atoms with Crippen molar-refractivity contribution < 1.29 is 17.9 Å². The maximum atomic E-state index is 12.4. The highest BCUT2D eigenvalue weighted by Crippen LogP contribution is 2.34. The van der Waals surface area contributed by atoms with E-state index in [1.807, 2.05) is 0 Å². The second-order valence-electron chi connectivity index (χ2n) is 3.60. The van der Waals surface area contributed by atoms with Gasteiger partial charge in [0.1, 0.15) is 10.8 Å². The number of hydrogen-bond acceptors (Lipinski definition) is 3. The van der Waals surface area contributed by atoms with E-state index in [2.05, 4.69) is 17.6 Å². The maximum absolute atomic E-state index is 12.4. The van der Waals surface area contributed by atoms with Crippen LogP contribution in [0.5, 0.6) is 11.6 Å². The fourth-order valence-corrected chi connectivity index (χ4v) is 1.64. The van der Waals surface area contributed by atoms with Crippen molar-refractivity contribution in [3.8, 4) is 11.6 Å². The molecule has 0 amide bonds. The van der Waals surface area contributed by atoms with E-state index in [0.29, 0.717) is 11.9 Å². The van der Waals surface area contributed by atoms with Crippen LogP contribution >= 0.6 is 24.2 Å². The summed E-state index contributed by atoms with van der Waals surface area (Å²) in [7, 11) is 0. The molecular formula is C12H7ClF3NOS. The van der Waals surface area contributed by atoms with Crippen molar-refractivity contribution in [2.45, 2.75) is 11.1 Å². The van der Waals surface area contributed by atoms with Gasteiger partial charge in [-0.1, -0.05) is 11.6 Å². The summed E-state index contributed by atoms with van der Waals surface area (Å²) in [5.74, 6) is 0.327. The van der Waals surface area contributed by atoms with Crippen LogP contribution in [0.15, 0.2) is 41.4 Å². The molecular weight excluding hydrogens is 299 g/mol. The van der Waals surface area contributed by atoms with Crippen LogP contribution in [0.3, 0.4) is 0 Å². The van der Waals surface area contributed by atoms with Crippen LogP contribution < -0.4 is 4.74 Å². The van der Waals surface area contributed by atoms with Crippen LogP contribution in [0.1, 0.15) is 5.56 Å². The number of halogens is 4. The standard InChI is InChI=1S/C12H7ClF3NOS/c13-10-5-7(12(14,15)16)6-17-11(10)18-8-1-3-9(19)4-2-8/h1-6,19H. The first-order valence-electron chi connectivity index (χ1n) is 5.06. The fraction of sp³-hybridized carbons (Fsp3) is 0.0833. The highest BCUT2D eigenvalue weighted by molar-refractivity contribution is 7.80. The monoisotopic (exact) mass is 305 g/mol. The van der Waals surface area contributed by atoms with Crippen LogP contribution in [-0.4, -0.2) is 4.98 Å². The minimum Gasteiger partial charge on any atom is -0.438 e. The summed E-state index contributed by atoms with van der Waals surface area (Å²) in [6, 6.07) is 7.35. The Hall–Kier alpha value is -1.40. The highest BCUT2D eigenvalue weighted by Gasteiger charge is 2.31. The Kier molecular flexibility index (Phi) is 3.91. The lowest BCUT2D eigenvalue weighted by molar-refractivity contribution is -0.137. The zero-order valence-electron chi connectivity index (χ0n) is 9.28. The molecule has 2 rings (SSSR count). The maximum Gasteiger partial charge on any atom is 0.417 e. The number of rotatable bonds is 2. The molecule has 0 radical (unpaired) electrons. The quantitative estimate of drug-likeness (QED) is 0.802. The number of thiol groups is 1. The first-order valence-corrected chi connectivity index (χ1v) is 5.88. The molecule has 19 heavy (non-hydrogen) atoms. The molecule has 1 aromatic carbocycles. The Labute approximate surface area is 117 Å². The third-order valence-electron chi connectivity index (χ3n) is 2.19. The number of ether oxygens (including phenoxy) is 1. The first kappa shape index (κ1) is 14.0. The Morgan fingerprint density at radius 2 is 1.79 bits per heavy atom. The molecule has 0 aliphatic heterocycles. The lowest BCUT2D eigenvalue weighted by atomic mass is 10.3. The van der Waals surface area contributed by atoms with Gasteiger partial charge >= 0.3 is 6.18 Å². The van der Waals surface area contributed by atoms with Crippen molar-refractivity contribution in [3.63, 3.8) is 0 Å². The zero-order valence-corrected chi connectivity index (χ0v) is 10.9. The SMILES string of the molecule is FC(F)(F)c1cnc(Oc2ccc(S)cc2)c(Cl)c1.